The molecule has 0 spiro atoms. The number of pyridine rings is 2. The van der Waals surface area contributed by atoms with Crippen LogP contribution >= 0.6 is 0 Å². The van der Waals surface area contributed by atoms with Gasteiger partial charge in [-0.15, -0.1) is 0 Å². The van der Waals surface area contributed by atoms with Crippen molar-refractivity contribution in [2.75, 3.05) is 0 Å². The molecule has 113 heavy (non-hydrogen) atoms. The van der Waals surface area contributed by atoms with Crippen molar-refractivity contribution >= 4 is 65.3 Å². The first-order chi connectivity index (χ1) is 56.0. The van der Waals surface area contributed by atoms with Gasteiger partial charge in [-0.05, 0) is 98.6 Å². The summed E-state index contributed by atoms with van der Waals surface area (Å²) in [5, 5.41) is 9.20. The second-order valence-corrected chi connectivity index (χ2v) is 28.3. The van der Waals surface area contributed by atoms with Gasteiger partial charge in [0.2, 0.25) is 0 Å². The fraction of sp³-hybridized carbons (Fsp3) is 0. The predicted octanol–water partition coefficient (Wildman–Crippen LogP) is 27.9. The van der Waals surface area contributed by atoms with Crippen LogP contribution in [0.3, 0.4) is 0 Å². The fourth-order valence-electron chi connectivity index (χ4n) is 15.8. The highest BCUT2D eigenvalue weighted by Crippen LogP contribution is 2.44. The van der Waals surface area contributed by atoms with Crippen molar-refractivity contribution in [2.24, 2.45) is 0 Å². The van der Waals surface area contributed by atoms with E-state index in [1.165, 1.54) is 21.9 Å². The molecule has 0 aliphatic heterocycles. The Labute approximate surface area is 653 Å². The SMILES string of the molecule is c1ccc(-c2cc(-c3ccccc3)cc(-c3cc(-c4ccc(-c5cccc6c(-c7ccccc7)nc7ccccc7c56)cc4)nc(-c4ccccc4)n3)c2)cc1.c1ccc(-c2nc(-c3ccc(-c4cccc5c4oc4ccccc45)cc3)cc(-c3ccc(-c4cccc5c(-c6ccccc6)nc6ccccc6c45)cc3)n2)cc1. The molecular weight excluding hydrogens is 1370 g/mol. The first kappa shape index (κ1) is 67.2. The van der Waals surface area contributed by atoms with Crippen LogP contribution in [0.25, 0.3) is 211 Å². The minimum absolute atomic E-state index is 0.685. The summed E-state index contributed by atoms with van der Waals surface area (Å²) in [5.74, 6) is 1.37. The number of hydrogen-bond donors (Lipinski definition) is 0. The normalized spacial score (nSPS) is 11.4. The molecule has 5 aromatic heterocycles. The standard InChI is InChI=1S/C53H33N3O.C53H35N3/c1-3-13-38(14-4-1)51-45-22-11-19-40(50(45)44-18-7-9-23-46(44)54-51)34-25-29-36(30-26-34)47-33-48(56-53(55-47)39-15-5-2-6-16-39)37-31-27-35(28-32-37)41-20-12-21-43-42-17-8-10-24-49(42)57-52(41)43;1-5-16-36(17-6-1)42-32-43(37-18-7-2-8-19-37)34-44(33-42)50-35-49(55-53(56-50)41-22-11-4-12-23-41)39-30-28-38(29-31-39)45-25-15-26-47-51(45)46-24-13-14-27-48(46)54-52(47)40-20-9-3-10-21-40/h1-33H;1-35H. The molecule has 0 radical (unpaired) electrons. The molecule has 7 nitrogen and oxygen atoms in total. The van der Waals surface area contributed by atoms with E-state index in [9.17, 15) is 0 Å². The van der Waals surface area contributed by atoms with Crippen molar-refractivity contribution in [3.05, 3.63) is 413 Å². The molecule has 7 heteroatoms. The molecule has 0 saturated carbocycles. The zero-order valence-electron chi connectivity index (χ0n) is 61.4. The summed E-state index contributed by atoms with van der Waals surface area (Å²) in [6, 6.07) is 144. The highest BCUT2D eigenvalue weighted by molar-refractivity contribution is 6.19. The van der Waals surface area contributed by atoms with Gasteiger partial charge in [-0.3, -0.25) is 0 Å². The summed E-state index contributed by atoms with van der Waals surface area (Å²) in [7, 11) is 0. The lowest BCUT2D eigenvalue weighted by Gasteiger charge is -2.15. The molecule has 21 aromatic rings. The average molecular weight is 1440 g/mol. The van der Waals surface area contributed by atoms with Gasteiger partial charge in [-0.2, -0.15) is 0 Å². The molecule has 0 aliphatic rings. The van der Waals surface area contributed by atoms with Crippen molar-refractivity contribution in [1.29, 1.82) is 0 Å². The van der Waals surface area contributed by atoms with Crippen LogP contribution in [-0.4, -0.2) is 29.9 Å². The lowest BCUT2D eigenvalue weighted by atomic mass is 9.92. The molecule has 528 valence electrons. The number of hydrogen-bond acceptors (Lipinski definition) is 7. The van der Waals surface area contributed by atoms with Crippen molar-refractivity contribution in [1.82, 2.24) is 29.9 Å². The van der Waals surface area contributed by atoms with E-state index in [0.29, 0.717) is 11.6 Å². The van der Waals surface area contributed by atoms with Crippen molar-refractivity contribution in [2.45, 2.75) is 0 Å². The van der Waals surface area contributed by atoms with E-state index in [-0.39, 0.29) is 0 Å². The molecule has 21 rings (SSSR count). The van der Waals surface area contributed by atoms with Gasteiger partial charge >= 0.3 is 0 Å². The van der Waals surface area contributed by atoms with E-state index in [4.69, 9.17) is 34.3 Å². The summed E-state index contributed by atoms with van der Waals surface area (Å²) in [5.41, 5.74) is 28.8. The van der Waals surface area contributed by atoms with Crippen molar-refractivity contribution in [3.8, 4) is 146 Å². The second-order valence-electron chi connectivity index (χ2n) is 28.3. The molecule has 0 N–H and O–H groups in total. The number of aromatic nitrogens is 6. The number of rotatable bonds is 13. The largest absolute Gasteiger partial charge is 0.455 e. The van der Waals surface area contributed by atoms with Crippen LogP contribution in [0.5, 0.6) is 0 Å². The van der Waals surface area contributed by atoms with Crippen LogP contribution in [0.1, 0.15) is 0 Å². The van der Waals surface area contributed by atoms with Gasteiger partial charge in [0, 0.05) is 93.2 Å². The Morgan fingerprint density at radius 1 is 0.168 bits per heavy atom. The number of nitrogens with zero attached hydrogens (tertiary/aromatic N) is 6. The molecular formula is C106H68N6O. The van der Waals surface area contributed by atoms with Gasteiger partial charge in [0.1, 0.15) is 11.2 Å². The van der Waals surface area contributed by atoms with Gasteiger partial charge in [-0.25, -0.2) is 29.9 Å². The zero-order valence-corrected chi connectivity index (χ0v) is 61.4. The molecule has 0 aliphatic carbocycles. The Morgan fingerprint density at radius 3 is 0.885 bits per heavy atom. The van der Waals surface area contributed by atoms with Crippen LogP contribution in [0, 0.1) is 0 Å². The summed E-state index contributed by atoms with van der Waals surface area (Å²) < 4.78 is 6.36. The second kappa shape index (κ2) is 29.4. The van der Waals surface area contributed by atoms with Crippen molar-refractivity contribution < 1.29 is 4.42 Å². The third kappa shape index (κ3) is 13.1. The van der Waals surface area contributed by atoms with E-state index in [1.54, 1.807) is 0 Å². The molecule has 5 heterocycles. The maximum absolute atomic E-state index is 6.36. The zero-order chi connectivity index (χ0) is 75.0. The van der Waals surface area contributed by atoms with Crippen LogP contribution in [-0.2, 0) is 0 Å². The highest BCUT2D eigenvalue weighted by atomic mass is 16.3. The van der Waals surface area contributed by atoms with Gasteiger partial charge in [0.15, 0.2) is 11.6 Å². The van der Waals surface area contributed by atoms with Crippen LogP contribution in [0.4, 0.5) is 0 Å². The molecule has 0 fully saturated rings. The number of benzene rings is 16. The highest BCUT2D eigenvalue weighted by Gasteiger charge is 2.21. The van der Waals surface area contributed by atoms with Gasteiger partial charge < -0.3 is 4.42 Å². The fourth-order valence-corrected chi connectivity index (χ4v) is 15.8. The molecule has 0 bridgehead atoms. The Morgan fingerprint density at radius 2 is 0.469 bits per heavy atom. The average Bonchev–Trinajstić information content (AvgIpc) is 1.14. The van der Waals surface area contributed by atoms with E-state index >= 15 is 0 Å². The lowest BCUT2D eigenvalue weighted by Crippen LogP contribution is -1.96. The number of furan rings is 1. The molecule has 0 unspecified atom stereocenters. The Kier molecular flexibility index (Phi) is 17.5. The van der Waals surface area contributed by atoms with E-state index < -0.39 is 0 Å². The van der Waals surface area contributed by atoms with E-state index in [2.05, 4.69) is 352 Å². The lowest BCUT2D eigenvalue weighted by molar-refractivity contribution is 0.670. The van der Waals surface area contributed by atoms with Gasteiger partial charge in [-0.1, -0.05) is 364 Å². The van der Waals surface area contributed by atoms with Gasteiger partial charge in [0.25, 0.3) is 0 Å². The van der Waals surface area contributed by atoms with Crippen LogP contribution < -0.4 is 0 Å². The Hall–Kier alpha value is -15.2. The summed E-state index contributed by atoms with van der Waals surface area (Å²) in [6.07, 6.45) is 0. The molecule has 0 amide bonds. The monoisotopic (exact) mass is 1440 g/mol. The predicted molar refractivity (Wildman–Crippen MR) is 468 cm³/mol. The molecule has 0 saturated heterocycles. The maximum atomic E-state index is 6.36. The minimum atomic E-state index is 0.685. The third-order valence-electron chi connectivity index (χ3n) is 21.4. The first-order valence-electron chi connectivity index (χ1n) is 38.1. The minimum Gasteiger partial charge on any atom is -0.455 e. The Bertz CT molecular complexity index is 7050. The maximum Gasteiger partial charge on any atom is 0.160 e. The van der Waals surface area contributed by atoms with Crippen LogP contribution in [0.15, 0.2) is 417 Å². The summed E-state index contributed by atoms with van der Waals surface area (Å²) in [4.78, 5) is 30.9. The van der Waals surface area contributed by atoms with Crippen LogP contribution in [0.2, 0.25) is 0 Å². The van der Waals surface area contributed by atoms with Crippen molar-refractivity contribution in [3.63, 3.8) is 0 Å². The summed E-state index contributed by atoms with van der Waals surface area (Å²) in [6.45, 7) is 0. The number of para-hydroxylation sites is 4. The molecule has 16 aromatic carbocycles. The number of fused-ring (bicyclic) bond motifs is 9. The quantitative estimate of drug-likeness (QED) is 0.106. The third-order valence-corrected chi connectivity index (χ3v) is 21.4. The summed E-state index contributed by atoms with van der Waals surface area (Å²) >= 11 is 0. The molecule has 0 atom stereocenters. The van der Waals surface area contributed by atoms with Gasteiger partial charge in [0.05, 0.1) is 45.2 Å². The Balaban J connectivity index is 0.000000147. The smallest absolute Gasteiger partial charge is 0.160 e. The van der Waals surface area contributed by atoms with E-state index in [1.807, 2.05) is 60.7 Å². The van der Waals surface area contributed by atoms with E-state index in [0.717, 1.165) is 178 Å². The first-order valence-corrected chi connectivity index (χ1v) is 38.1. The topological polar surface area (TPSA) is 90.5 Å².